The van der Waals surface area contributed by atoms with E-state index in [1.165, 1.54) is 5.32 Å². The fraction of sp³-hybridized carbons (Fsp3) is 0.958. The number of ether oxygens (including phenoxy) is 5. The molecule has 3 fully saturated rings. The van der Waals surface area contributed by atoms with E-state index >= 15 is 0 Å². The number of amides is 1. The third-order valence-corrected chi connectivity index (χ3v) is 7.98. The number of carbonyl (C=O) groups is 1. The molecule has 3 saturated heterocycles. The molecule has 3 rings (SSSR count). The van der Waals surface area contributed by atoms with E-state index in [9.17, 15) is 86.5 Å². The van der Waals surface area contributed by atoms with Crippen LogP contribution >= 0.6 is 0 Å². The first-order chi connectivity index (χ1) is 21.9. The molecule has 17 N–H and O–H groups in total. The van der Waals surface area contributed by atoms with Gasteiger partial charge in [0.25, 0.3) is 11.8 Å². The third-order valence-electron chi connectivity index (χ3n) is 7.98. The second-order valence-corrected chi connectivity index (χ2v) is 11.3. The Morgan fingerprint density at radius 3 is 1.70 bits per heavy atom. The summed E-state index contributed by atoms with van der Waals surface area (Å²) >= 11 is 0. The second kappa shape index (κ2) is 16.6. The maximum atomic E-state index is 12.4. The first-order valence-corrected chi connectivity index (χ1v) is 14.2. The first-order valence-electron chi connectivity index (χ1n) is 14.2. The molecule has 276 valence electrons. The van der Waals surface area contributed by atoms with Gasteiger partial charge < -0.3 is 111 Å². The van der Waals surface area contributed by atoms with E-state index in [-0.39, 0.29) is 0 Å². The monoisotopic (exact) mass is 697 g/mol. The van der Waals surface area contributed by atoms with Gasteiger partial charge in [-0.1, -0.05) is 0 Å². The van der Waals surface area contributed by atoms with Crippen LogP contribution < -0.4 is 5.32 Å². The Labute approximate surface area is 264 Å². The molecule has 0 aromatic heterocycles. The van der Waals surface area contributed by atoms with Crippen LogP contribution in [0.25, 0.3) is 0 Å². The van der Waals surface area contributed by atoms with Crippen molar-refractivity contribution in [2.24, 2.45) is 0 Å². The molecule has 3 aliphatic heterocycles. The zero-order valence-electron chi connectivity index (χ0n) is 24.3. The average Bonchev–Trinajstić information content (AvgIpc) is 3.05. The van der Waals surface area contributed by atoms with Gasteiger partial charge in [0.05, 0.1) is 26.4 Å². The average molecular weight is 698 g/mol. The Balaban J connectivity index is 1.56. The van der Waals surface area contributed by atoms with E-state index in [0.717, 1.165) is 0 Å². The number of hydrogen-bond donors (Lipinski definition) is 17. The summed E-state index contributed by atoms with van der Waals surface area (Å²) in [6.45, 7) is -3.51. The molecule has 0 aromatic rings. The summed E-state index contributed by atoms with van der Waals surface area (Å²) in [6, 6.07) is 0. The summed E-state index contributed by atoms with van der Waals surface area (Å²) < 4.78 is 25.7. The summed E-state index contributed by atoms with van der Waals surface area (Å²) in [5.74, 6) is -4.95. The Morgan fingerprint density at radius 1 is 0.660 bits per heavy atom. The lowest BCUT2D eigenvalue weighted by molar-refractivity contribution is -0.358. The molecule has 19 atom stereocenters. The maximum absolute atomic E-state index is 12.4. The highest BCUT2D eigenvalue weighted by atomic mass is 16.7. The van der Waals surface area contributed by atoms with E-state index in [4.69, 9.17) is 23.7 Å². The van der Waals surface area contributed by atoms with Crippen molar-refractivity contribution in [1.82, 2.24) is 5.32 Å². The SMILES string of the molecule is O=C(NC1(O)OC(CO)C(O)C(O)C1O)[C@H](O)[C@@H](O)[C@H](O)[C@H](O)CO[C@H]1O[C@H](CO[C@H]2O[C@H](CO)[C@@H](O)[C@H](O)[C@H]2O)[C@@H](O)[C@H](O)[C@H]1O. The van der Waals surface area contributed by atoms with Gasteiger partial charge in [0, 0.05) is 0 Å². The first kappa shape index (κ1) is 40.1. The molecule has 5 unspecified atom stereocenters. The van der Waals surface area contributed by atoms with Gasteiger partial charge >= 0.3 is 0 Å². The van der Waals surface area contributed by atoms with E-state index in [2.05, 4.69) is 0 Å². The summed E-state index contributed by atoms with van der Waals surface area (Å²) in [5.41, 5.74) is 0. The third kappa shape index (κ3) is 8.69. The van der Waals surface area contributed by atoms with Crippen molar-refractivity contribution in [1.29, 1.82) is 0 Å². The van der Waals surface area contributed by atoms with Crippen molar-refractivity contribution in [2.75, 3.05) is 26.4 Å². The molecule has 0 radical (unpaired) electrons. The summed E-state index contributed by atoms with van der Waals surface area (Å²) in [6.07, 6.45) is -35.5. The van der Waals surface area contributed by atoms with Crippen LogP contribution in [0.1, 0.15) is 0 Å². The van der Waals surface area contributed by atoms with Crippen molar-refractivity contribution in [3.63, 3.8) is 0 Å². The smallest absolute Gasteiger partial charge is 0.279 e. The number of aliphatic hydroxyl groups excluding tert-OH is 15. The van der Waals surface area contributed by atoms with Gasteiger partial charge in [0.1, 0.15) is 85.5 Å². The van der Waals surface area contributed by atoms with Crippen molar-refractivity contribution in [3.8, 4) is 0 Å². The minimum absolute atomic E-state index is 0.710. The van der Waals surface area contributed by atoms with Gasteiger partial charge in [0.15, 0.2) is 24.8 Å². The molecular weight excluding hydrogens is 654 g/mol. The van der Waals surface area contributed by atoms with Crippen LogP contribution in [-0.2, 0) is 28.5 Å². The van der Waals surface area contributed by atoms with Crippen LogP contribution in [0.15, 0.2) is 0 Å². The fourth-order valence-corrected chi connectivity index (χ4v) is 4.96. The van der Waals surface area contributed by atoms with Gasteiger partial charge in [-0.05, 0) is 0 Å². The van der Waals surface area contributed by atoms with Crippen LogP contribution in [-0.4, -0.2) is 230 Å². The number of nitrogens with one attached hydrogen (secondary N) is 1. The highest BCUT2D eigenvalue weighted by Crippen LogP contribution is 2.28. The standard InChI is InChI=1S/C24H43NO22/c26-1-6-10(30)14(34)18(38)23(45-6)44-4-8-12(32)15(35)19(39)22(46-8)43-3-5(28)9(29)13(33)17(37)21(41)25-24(42)20(40)16(36)11(31)7(2-27)47-24/h5-20,22-23,26-40,42H,1-4H2,(H,25,41)/t5-,6-,7?,8-,9-,10-,11?,12-,13+,14+,15+,16?,17-,18-,19-,20?,22+,23+,24?/m1/s1. The normalized spacial score (nSPS) is 45.5. The number of carbonyl (C=O) groups excluding carboxylic acids is 1. The topological polar surface area (TPSA) is 399 Å². The molecule has 0 aromatic carbocycles. The molecular formula is C24H43NO22. The van der Waals surface area contributed by atoms with Crippen molar-refractivity contribution >= 4 is 5.91 Å². The molecule has 1 amide bonds. The Morgan fingerprint density at radius 2 is 1.15 bits per heavy atom. The van der Waals surface area contributed by atoms with E-state index < -0.39 is 148 Å². The highest BCUT2D eigenvalue weighted by Gasteiger charge is 2.55. The van der Waals surface area contributed by atoms with Crippen molar-refractivity contribution in [3.05, 3.63) is 0 Å². The largest absolute Gasteiger partial charge is 0.394 e. The molecule has 23 nitrogen and oxygen atoms in total. The van der Waals surface area contributed by atoms with Gasteiger partial charge in [-0.3, -0.25) is 4.79 Å². The number of rotatable bonds is 13. The summed E-state index contributed by atoms with van der Waals surface area (Å²) in [5, 5.41) is 162. The Bertz CT molecular complexity index is 995. The molecule has 0 saturated carbocycles. The Hall–Kier alpha value is -1.37. The van der Waals surface area contributed by atoms with Crippen LogP contribution in [0.3, 0.4) is 0 Å². The maximum Gasteiger partial charge on any atom is 0.279 e. The lowest BCUT2D eigenvalue weighted by atomic mass is 9.96. The van der Waals surface area contributed by atoms with Crippen LogP contribution in [0.2, 0.25) is 0 Å². The second-order valence-electron chi connectivity index (χ2n) is 11.3. The van der Waals surface area contributed by atoms with Gasteiger partial charge in [-0.2, -0.15) is 0 Å². The number of aliphatic hydroxyl groups is 16. The van der Waals surface area contributed by atoms with E-state index in [1.54, 1.807) is 0 Å². The lowest BCUT2D eigenvalue weighted by Gasteiger charge is -2.45. The quantitative estimate of drug-likeness (QED) is 0.0794. The summed E-state index contributed by atoms with van der Waals surface area (Å²) in [7, 11) is 0. The molecule has 0 aliphatic carbocycles. The van der Waals surface area contributed by atoms with Crippen LogP contribution in [0.4, 0.5) is 0 Å². The van der Waals surface area contributed by atoms with Gasteiger partial charge in [-0.25, -0.2) is 0 Å². The minimum atomic E-state index is -3.21. The molecule has 23 heteroatoms. The predicted molar refractivity (Wildman–Crippen MR) is 139 cm³/mol. The van der Waals surface area contributed by atoms with Gasteiger partial charge in [0.2, 0.25) is 0 Å². The fourth-order valence-electron chi connectivity index (χ4n) is 4.96. The van der Waals surface area contributed by atoms with Crippen molar-refractivity contribution < 1.29 is 110 Å². The Kier molecular flexibility index (Phi) is 14.1. The number of hydrogen-bond acceptors (Lipinski definition) is 22. The minimum Gasteiger partial charge on any atom is -0.394 e. The lowest BCUT2D eigenvalue weighted by Crippen LogP contribution is -2.72. The van der Waals surface area contributed by atoms with Gasteiger partial charge in [-0.15, -0.1) is 0 Å². The zero-order valence-corrected chi connectivity index (χ0v) is 24.3. The van der Waals surface area contributed by atoms with Crippen molar-refractivity contribution in [2.45, 2.75) is 116 Å². The zero-order chi connectivity index (χ0) is 35.5. The molecule has 3 aliphatic rings. The van der Waals surface area contributed by atoms with E-state index in [0.29, 0.717) is 0 Å². The highest BCUT2D eigenvalue weighted by molar-refractivity contribution is 5.81. The molecule has 47 heavy (non-hydrogen) atoms. The van der Waals surface area contributed by atoms with Crippen LogP contribution in [0.5, 0.6) is 0 Å². The van der Waals surface area contributed by atoms with E-state index in [1.807, 2.05) is 0 Å². The summed E-state index contributed by atoms with van der Waals surface area (Å²) in [4.78, 5) is 12.4. The predicted octanol–water partition coefficient (Wildman–Crippen LogP) is -11.7. The molecule has 0 bridgehead atoms. The molecule has 0 spiro atoms. The molecule has 3 heterocycles. The van der Waals surface area contributed by atoms with Crippen LogP contribution in [0, 0.1) is 0 Å².